The maximum atomic E-state index is 12.9. The number of ether oxygens (including phenoxy) is 1. The Morgan fingerprint density at radius 3 is 2.39 bits per heavy atom. The number of anilines is 3. The van der Waals surface area contributed by atoms with E-state index in [9.17, 15) is 9.59 Å². The quantitative estimate of drug-likeness (QED) is 0.807. The van der Waals surface area contributed by atoms with E-state index in [1.54, 1.807) is 18.2 Å². The van der Waals surface area contributed by atoms with Crippen molar-refractivity contribution < 1.29 is 14.3 Å². The van der Waals surface area contributed by atoms with Gasteiger partial charge in [-0.15, -0.1) is 0 Å². The van der Waals surface area contributed by atoms with Gasteiger partial charge in [-0.05, 0) is 55.7 Å². The summed E-state index contributed by atoms with van der Waals surface area (Å²) in [5, 5.41) is 3.22. The van der Waals surface area contributed by atoms with Crippen LogP contribution in [-0.4, -0.2) is 38.1 Å². The number of imide groups is 1. The van der Waals surface area contributed by atoms with Crippen molar-refractivity contribution >= 4 is 28.9 Å². The number of piperidine rings is 1. The molecule has 6 heteroatoms. The van der Waals surface area contributed by atoms with E-state index in [2.05, 4.69) is 22.3 Å². The summed E-state index contributed by atoms with van der Waals surface area (Å²) in [6.07, 6.45) is 3.90. The summed E-state index contributed by atoms with van der Waals surface area (Å²) in [6, 6.07) is 14.6. The Labute approximate surface area is 165 Å². The fourth-order valence-corrected chi connectivity index (χ4v) is 3.93. The summed E-state index contributed by atoms with van der Waals surface area (Å²) >= 11 is 0. The molecule has 2 aromatic carbocycles. The van der Waals surface area contributed by atoms with E-state index in [1.807, 2.05) is 18.2 Å². The maximum absolute atomic E-state index is 12.9. The molecule has 1 atom stereocenters. The molecule has 0 bridgehead atoms. The van der Waals surface area contributed by atoms with Crippen LogP contribution in [0.5, 0.6) is 5.75 Å². The minimum Gasteiger partial charge on any atom is -0.495 e. The number of amides is 2. The Bertz CT molecular complexity index is 860. The molecule has 4 rings (SSSR count). The number of rotatable bonds is 5. The molecule has 0 radical (unpaired) electrons. The number of carbonyl (C=O) groups is 2. The van der Waals surface area contributed by atoms with Gasteiger partial charge < -0.3 is 15.0 Å². The van der Waals surface area contributed by atoms with E-state index in [0.29, 0.717) is 11.4 Å². The van der Waals surface area contributed by atoms with Gasteiger partial charge in [-0.2, -0.15) is 0 Å². The van der Waals surface area contributed by atoms with Crippen LogP contribution in [0.25, 0.3) is 0 Å². The molecule has 0 saturated carbocycles. The van der Waals surface area contributed by atoms with Crippen molar-refractivity contribution in [3.63, 3.8) is 0 Å². The van der Waals surface area contributed by atoms with E-state index in [0.717, 1.165) is 18.8 Å². The monoisotopic (exact) mass is 379 g/mol. The zero-order valence-corrected chi connectivity index (χ0v) is 16.1. The van der Waals surface area contributed by atoms with Gasteiger partial charge in [0.25, 0.3) is 5.91 Å². The molecule has 2 fully saturated rings. The van der Waals surface area contributed by atoms with E-state index in [1.165, 1.54) is 37.0 Å². The molecular formula is C22H25N3O3. The topological polar surface area (TPSA) is 61.9 Å². The highest BCUT2D eigenvalue weighted by Crippen LogP contribution is 2.32. The van der Waals surface area contributed by atoms with E-state index in [4.69, 9.17) is 4.74 Å². The Balaban J connectivity index is 1.47. The van der Waals surface area contributed by atoms with Crippen LogP contribution in [0.4, 0.5) is 17.1 Å². The van der Waals surface area contributed by atoms with Gasteiger partial charge in [-0.25, -0.2) is 4.90 Å². The van der Waals surface area contributed by atoms with Crippen LogP contribution in [0.3, 0.4) is 0 Å². The lowest BCUT2D eigenvalue weighted by Gasteiger charge is -2.29. The van der Waals surface area contributed by atoms with Crippen LogP contribution in [0.2, 0.25) is 0 Å². The van der Waals surface area contributed by atoms with Gasteiger partial charge in [0.1, 0.15) is 11.8 Å². The molecule has 2 aliphatic heterocycles. The minimum atomic E-state index is -0.571. The molecular weight excluding hydrogens is 354 g/mol. The predicted octanol–water partition coefficient (Wildman–Crippen LogP) is 3.43. The molecule has 0 aliphatic carbocycles. The molecule has 28 heavy (non-hydrogen) atoms. The van der Waals surface area contributed by atoms with E-state index in [-0.39, 0.29) is 18.2 Å². The zero-order chi connectivity index (χ0) is 19.5. The third-order valence-electron chi connectivity index (χ3n) is 5.40. The number of methoxy groups -OCH3 is 1. The largest absolute Gasteiger partial charge is 0.495 e. The molecule has 1 unspecified atom stereocenters. The molecule has 2 aromatic rings. The second kappa shape index (κ2) is 7.92. The van der Waals surface area contributed by atoms with Crippen molar-refractivity contribution in [3.05, 3.63) is 48.5 Å². The van der Waals surface area contributed by atoms with E-state index >= 15 is 0 Å². The number of hydrogen-bond donors (Lipinski definition) is 1. The highest BCUT2D eigenvalue weighted by Gasteiger charge is 2.40. The van der Waals surface area contributed by atoms with Gasteiger partial charge in [-0.1, -0.05) is 12.1 Å². The van der Waals surface area contributed by atoms with Crippen molar-refractivity contribution in [2.45, 2.75) is 31.7 Å². The number of para-hydroxylation sites is 2. The number of carbonyl (C=O) groups excluding carboxylic acids is 2. The third kappa shape index (κ3) is 3.54. The number of nitrogens with one attached hydrogen (secondary N) is 1. The van der Waals surface area contributed by atoms with Crippen LogP contribution in [0, 0.1) is 0 Å². The fourth-order valence-electron chi connectivity index (χ4n) is 3.93. The smallest absolute Gasteiger partial charge is 0.256 e. The summed E-state index contributed by atoms with van der Waals surface area (Å²) in [4.78, 5) is 29.0. The van der Waals surface area contributed by atoms with Crippen molar-refractivity contribution in [2.75, 3.05) is 35.3 Å². The molecule has 0 spiro atoms. The van der Waals surface area contributed by atoms with Crippen molar-refractivity contribution in [3.8, 4) is 5.75 Å². The second-order valence-corrected chi connectivity index (χ2v) is 7.23. The molecule has 6 nitrogen and oxygen atoms in total. The van der Waals surface area contributed by atoms with Crippen LogP contribution < -0.4 is 19.9 Å². The van der Waals surface area contributed by atoms with Gasteiger partial charge in [0.05, 0.1) is 19.2 Å². The predicted molar refractivity (Wildman–Crippen MR) is 110 cm³/mol. The first-order valence-corrected chi connectivity index (χ1v) is 9.79. The van der Waals surface area contributed by atoms with Crippen molar-refractivity contribution in [1.82, 2.24) is 0 Å². The van der Waals surface area contributed by atoms with Crippen LogP contribution in [-0.2, 0) is 9.59 Å². The summed E-state index contributed by atoms with van der Waals surface area (Å²) in [7, 11) is 1.53. The molecule has 0 aromatic heterocycles. The average molecular weight is 379 g/mol. The summed E-state index contributed by atoms with van der Waals surface area (Å²) in [5.41, 5.74) is 2.54. The normalized spacial score (nSPS) is 19.8. The highest BCUT2D eigenvalue weighted by molar-refractivity contribution is 6.23. The molecule has 2 saturated heterocycles. The first-order chi connectivity index (χ1) is 13.7. The van der Waals surface area contributed by atoms with Gasteiger partial charge in [0.15, 0.2) is 0 Å². The third-order valence-corrected chi connectivity index (χ3v) is 5.40. The average Bonchev–Trinajstić information content (AvgIpc) is 3.02. The highest BCUT2D eigenvalue weighted by atomic mass is 16.5. The summed E-state index contributed by atoms with van der Waals surface area (Å²) in [6.45, 7) is 2.19. The Kier molecular flexibility index (Phi) is 5.19. The Morgan fingerprint density at radius 2 is 1.68 bits per heavy atom. The lowest BCUT2D eigenvalue weighted by molar-refractivity contribution is -0.121. The van der Waals surface area contributed by atoms with Crippen molar-refractivity contribution in [1.29, 1.82) is 0 Å². The lowest BCUT2D eigenvalue weighted by Crippen LogP contribution is -2.35. The number of nitrogens with zero attached hydrogens (tertiary/aromatic N) is 2. The maximum Gasteiger partial charge on any atom is 0.256 e. The standard InChI is InChI=1S/C22H25N3O3/c1-28-20-8-4-3-7-19(20)25-21(26)15-18(22(25)27)23-16-9-11-17(12-10-16)24-13-5-2-6-14-24/h3-4,7-12,18,23H,2,5-6,13-15H2,1H3. The molecule has 146 valence electrons. The summed E-state index contributed by atoms with van der Waals surface area (Å²) < 4.78 is 5.31. The zero-order valence-electron chi connectivity index (χ0n) is 16.1. The van der Waals surface area contributed by atoms with Gasteiger partial charge in [0.2, 0.25) is 5.91 Å². The SMILES string of the molecule is COc1ccccc1N1C(=O)CC(Nc2ccc(N3CCCCC3)cc2)C1=O. The molecule has 2 heterocycles. The lowest BCUT2D eigenvalue weighted by atomic mass is 10.1. The first kappa shape index (κ1) is 18.3. The first-order valence-electron chi connectivity index (χ1n) is 9.79. The van der Waals surface area contributed by atoms with Gasteiger partial charge in [0, 0.05) is 24.5 Å². The Morgan fingerprint density at radius 1 is 0.964 bits per heavy atom. The second-order valence-electron chi connectivity index (χ2n) is 7.23. The van der Waals surface area contributed by atoms with Gasteiger partial charge >= 0.3 is 0 Å². The van der Waals surface area contributed by atoms with Gasteiger partial charge in [-0.3, -0.25) is 9.59 Å². The number of hydrogen-bond acceptors (Lipinski definition) is 5. The van der Waals surface area contributed by atoms with Crippen LogP contribution in [0.15, 0.2) is 48.5 Å². The van der Waals surface area contributed by atoms with E-state index < -0.39 is 6.04 Å². The molecule has 2 amide bonds. The fraction of sp³-hybridized carbons (Fsp3) is 0.364. The molecule has 2 aliphatic rings. The van der Waals surface area contributed by atoms with Crippen molar-refractivity contribution in [2.24, 2.45) is 0 Å². The van der Waals surface area contributed by atoms with Crippen LogP contribution in [0.1, 0.15) is 25.7 Å². The molecule has 1 N–H and O–H groups in total. The minimum absolute atomic E-state index is 0.130. The Hall–Kier alpha value is -3.02. The van der Waals surface area contributed by atoms with Crippen LogP contribution >= 0.6 is 0 Å². The summed E-state index contributed by atoms with van der Waals surface area (Å²) in [5.74, 6) is 0.0299. The number of benzene rings is 2.